The third kappa shape index (κ3) is 2.62. The van der Waals surface area contributed by atoms with Crippen molar-refractivity contribution in [2.24, 2.45) is 0 Å². The molecule has 0 saturated heterocycles. The summed E-state index contributed by atoms with van der Waals surface area (Å²) in [4.78, 5) is 9.10. The smallest absolute Gasteiger partial charge is 0.0780 e. The Balaban J connectivity index is 1.67. The number of fused-ring (bicyclic) bond motifs is 1. The predicted molar refractivity (Wildman–Crippen MR) is 107 cm³/mol. The van der Waals surface area contributed by atoms with Crippen molar-refractivity contribution in [3.05, 3.63) is 78.6 Å². The summed E-state index contributed by atoms with van der Waals surface area (Å²) in [6.07, 6.45) is 6.21. The number of nitrogens with zero attached hydrogens (tertiary/aromatic N) is 2. The number of anilines is 1. The molecule has 26 heavy (non-hydrogen) atoms. The molecule has 1 aliphatic rings. The van der Waals surface area contributed by atoms with Gasteiger partial charge >= 0.3 is 0 Å². The lowest BCUT2D eigenvalue weighted by atomic mass is 9.96. The highest BCUT2D eigenvalue weighted by atomic mass is 14.7. The van der Waals surface area contributed by atoms with Crippen LogP contribution in [0.15, 0.2) is 73.1 Å². The first-order chi connectivity index (χ1) is 12.8. The largest absolute Gasteiger partial charge is 0.398 e. The Bertz CT molecular complexity index is 1110. The highest BCUT2D eigenvalue weighted by Gasteiger charge is 2.23. The monoisotopic (exact) mass is 337 g/mol. The molecule has 0 radical (unpaired) electrons. The molecule has 4 aromatic rings. The van der Waals surface area contributed by atoms with Gasteiger partial charge in [-0.2, -0.15) is 0 Å². The van der Waals surface area contributed by atoms with Crippen molar-refractivity contribution < 1.29 is 0 Å². The van der Waals surface area contributed by atoms with Crippen LogP contribution in [0.5, 0.6) is 0 Å². The molecule has 1 saturated carbocycles. The molecule has 2 aromatic heterocycles. The van der Waals surface area contributed by atoms with Crippen LogP contribution in [0.3, 0.4) is 0 Å². The van der Waals surface area contributed by atoms with Crippen molar-refractivity contribution in [1.82, 2.24) is 9.97 Å². The summed E-state index contributed by atoms with van der Waals surface area (Å²) in [5, 5.41) is 0.978. The highest BCUT2D eigenvalue weighted by Crippen LogP contribution is 2.41. The normalized spacial score (nSPS) is 13.8. The molecule has 0 spiro atoms. The topological polar surface area (TPSA) is 51.8 Å². The summed E-state index contributed by atoms with van der Waals surface area (Å²) in [5.74, 6) is 0.730. The molecular weight excluding hydrogens is 318 g/mol. The van der Waals surface area contributed by atoms with E-state index in [4.69, 9.17) is 10.7 Å². The number of hydrogen-bond donors (Lipinski definition) is 1. The molecule has 0 bridgehead atoms. The van der Waals surface area contributed by atoms with Gasteiger partial charge in [-0.15, -0.1) is 0 Å². The van der Waals surface area contributed by atoms with E-state index in [0.29, 0.717) is 0 Å². The van der Waals surface area contributed by atoms with Crippen molar-refractivity contribution in [3.8, 4) is 22.4 Å². The average molecular weight is 337 g/mol. The minimum Gasteiger partial charge on any atom is -0.398 e. The first-order valence-electron chi connectivity index (χ1n) is 8.99. The van der Waals surface area contributed by atoms with E-state index in [1.54, 1.807) is 6.20 Å². The van der Waals surface area contributed by atoms with Crippen LogP contribution in [0.4, 0.5) is 5.69 Å². The summed E-state index contributed by atoms with van der Waals surface area (Å²) in [6.45, 7) is 0. The lowest BCUT2D eigenvalue weighted by Gasteiger charge is -2.11. The van der Waals surface area contributed by atoms with Crippen LogP contribution in [0, 0.1) is 0 Å². The number of rotatable bonds is 3. The molecule has 3 heteroatoms. The Hall–Kier alpha value is -3.20. The van der Waals surface area contributed by atoms with Crippen LogP contribution in [0.2, 0.25) is 0 Å². The molecule has 2 aromatic carbocycles. The van der Waals surface area contributed by atoms with Crippen LogP contribution < -0.4 is 5.73 Å². The first-order valence-corrected chi connectivity index (χ1v) is 8.99. The number of aromatic nitrogens is 2. The van der Waals surface area contributed by atoms with E-state index in [9.17, 15) is 0 Å². The van der Waals surface area contributed by atoms with E-state index in [2.05, 4.69) is 47.4 Å². The molecule has 2 N–H and O–H groups in total. The van der Waals surface area contributed by atoms with E-state index in [-0.39, 0.29) is 0 Å². The number of pyridine rings is 2. The Morgan fingerprint density at radius 1 is 0.808 bits per heavy atom. The zero-order chi connectivity index (χ0) is 17.5. The van der Waals surface area contributed by atoms with Gasteiger partial charge in [-0.3, -0.25) is 9.97 Å². The second-order valence-electron chi connectivity index (χ2n) is 6.93. The molecule has 1 aliphatic carbocycles. The minimum atomic E-state index is 0.730. The standard InChI is InChI=1S/C23H19N3/c24-21-10-12-25-22-9-8-17(14-20(21)22)19-5-2-11-26-23(19)18-4-1-3-16(13-18)15-6-7-15/h1-5,8-15H,6-7H2,(H2,24,25). The van der Waals surface area contributed by atoms with Gasteiger partial charge in [-0.1, -0.05) is 30.3 Å². The van der Waals surface area contributed by atoms with Crippen molar-refractivity contribution in [2.45, 2.75) is 18.8 Å². The predicted octanol–water partition coefficient (Wildman–Crippen LogP) is 5.42. The van der Waals surface area contributed by atoms with Gasteiger partial charge in [0, 0.05) is 34.6 Å². The second kappa shape index (κ2) is 5.95. The Kier molecular flexibility index (Phi) is 3.45. The van der Waals surface area contributed by atoms with Gasteiger partial charge < -0.3 is 5.73 Å². The van der Waals surface area contributed by atoms with Gasteiger partial charge in [0.05, 0.1) is 11.2 Å². The molecule has 3 nitrogen and oxygen atoms in total. The third-order valence-corrected chi connectivity index (χ3v) is 5.10. The zero-order valence-electron chi connectivity index (χ0n) is 14.4. The van der Waals surface area contributed by atoms with Gasteiger partial charge in [0.25, 0.3) is 0 Å². The third-order valence-electron chi connectivity index (χ3n) is 5.10. The van der Waals surface area contributed by atoms with Crippen LogP contribution in [0.25, 0.3) is 33.3 Å². The average Bonchev–Trinajstić information content (AvgIpc) is 3.54. The van der Waals surface area contributed by atoms with Crippen LogP contribution in [-0.2, 0) is 0 Å². The summed E-state index contributed by atoms with van der Waals surface area (Å²) < 4.78 is 0. The van der Waals surface area contributed by atoms with E-state index in [1.165, 1.54) is 24.0 Å². The van der Waals surface area contributed by atoms with E-state index >= 15 is 0 Å². The molecule has 0 unspecified atom stereocenters. The van der Waals surface area contributed by atoms with Gasteiger partial charge in [0.2, 0.25) is 0 Å². The van der Waals surface area contributed by atoms with Crippen molar-refractivity contribution >= 4 is 16.6 Å². The van der Waals surface area contributed by atoms with Gasteiger partial charge in [0.15, 0.2) is 0 Å². The van der Waals surface area contributed by atoms with E-state index in [0.717, 1.165) is 39.3 Å². The fraction of sp³-hybridized carbons (Fsp3) is 0.130. The summed E-state index contributed by atoms with van der Waals surface area (Å²) in [5.41, 5.74) is 13.6. The second-order valence-corrected chi connectivity index (χ2v) is 6.93. The maximum Gasteiger partial charge on any atom is 0.0780 e. The quantitative estimate of drug-likeness (QED) is 0.543. The SMILES string of the molecule is Nc1ccnc2ccc(-c3cccnc3-c3cccc(C4CC4)c3)cc12. The maximum absolute atomic E-state index is 6.16. The number of nitrogens with two attached hydrogens (primary N) is 1. The maximum atomic E-state index is 6.16. The molecule has 5 rings (SSSR count). The van der Waals surface area contributed by atoms with E-state index in [1.807, 2.05) is 24.4 Å². The summed E-state index contributed by atoms with van der Waals surface area (Å²) in [6, 6.07) is 21.0. The molecule has 0 atom stereocenters. The molecule has 2 heterocycles. The van der Waals surface area contributed by atoms with Gasteiger partial charge in [0.1, 0.15) is 0 Å². The molecular formula is C23H19N3. The Labute approximate surface area is 152 Å². The highest BCUT2D eigenvalue weighted by molar-refractivity contribution is 5.94. The molecule has 1 fully saturated rings. The minimum absolute atomic E-state index is 0.730. The first kappa shape index (κ1) is 15.1. The lowest BCUT2D eigenvalue weighted by Crippen LogP contribution is -1.92. The molecule has 126 valence electrons. The van der Waals surface area contributed by atoms with Crippen molar-refractivity contribution in [1.29, 1.82) is 0 Å². The number of benzene rings is 2. The molecule has 0 aliphatic heterocycles. The van der Waals surface area contributed by atoms with Crippen LogP contribution in [0.1, 0.15) is 24.3 Å². The van der Waals surface area contributed by atoms with Crippen molar-refractivity contribution in [3.63, 3.8) is 0 Å². The lowest BCUT2D eigenvalue weighted by molar-refractivity contribution is 1.13. The van der Waals surface area contributed by atoms with Gasteiger partial charge in [-0.05, 0) is 60.2 Å². The number of nitrogen functional groups attached to an aromatic ring is 1. The summed E-state index contributed by atoms with van der Waals surface area (Å²) in [7, 11) is 0. The summed E-state index contributed by atoms with van der Waals surface area (Å²) >= 11 is 0. The van der Waals surface area contributed by atoms with Crippen LogP contribution >= 0.6 is 0 Å². The zero-order valence-corrected chi connectivity index (χ0v) is 14.4. The Morgan fingerprint density at radius 3 is 2.62 bits per heavy atom. The fourth-order valence-electron chi connectivity index (χ4n) is 3.56. The number of hydrogen-bond acceptors (Lipinski definition) is 3. The van der Waals surface area contributed by atoms with Crippen LogP contribution in [-0.4, -0.2) is 9.97 Å². The van der Waals surface area contributed by atoms with Gasteiger partial charge in [-0.25, -0.2) is 0 Å². The fourth-order valence-corrected chi connectivity index (χ4v) is 3.56. The molecule has 0 amide bonds. The van der Waals surface area contributed by atoms with E-state index < -0.39 is 0 Å². The Morgan fingerprint density at radius 2 is 1.73 bits per heavy atom. The van der Waals surface area contributed by atoms with Crippen molar-refractivity contribution in [2.75, 3.05) is 5.73 Å².